The van der Waals surface area contributed by atoms with Crippen molar-refractivity contribution in [1.82, 2.24) is 0 Å². The van der Waals surface area contributed by atoms with Gasteiger partial charge in [-0.15, -0.1) is 0 Å². The minimum absolute atomic E-state index is 0.507. The first-order valence-electron chi connectivity index (χ1n) is 4.54. The minimum atomic E-state index is 0.507. The lowest BCUT2D eigenvalue weighted by Crippen LogP contribution is -2.21. The van der Waals surface area contributed by atoms with E-state index in [9.17, 15) is 0 Å². The van der Waals surface area contributed by atoms with Crippen molar-refractivity contribution in [3.05, 3.63) is 0 Å². The van der Waals surface area contributed by atoms with Gasteiger partial charge < -0.3 is 5.73 Å². The van der Waals surface area contributed by atoms with E-state index in [1.54, 1.807) is 0 Å². The van der Waals surface area contributed by atoms with E-state index in [1.165, 1.54) is 38.5 Å². The van der Waals surface area contributed by atoms with Crippen molar-refractivity contribution in [3.63, 3.8) is 0 Å². The van der Waals surface area contributed by atoms with Crippen LogP contribution in [0.2, 0.25) is 0 Å². The first-order chi connectivity index (χ1) is 4.79. The average molecular weight is 141 g/mol. The highest BCUT2D eigenvalue weighted by Gasteiger charge is 2.09. The molecule has 60 valence electrons. The van der Waals surface area contributed by atoms with Gasteiger partial charge in [0.1, 0.15) is 0 Å². The fourth-order valence-corrected chi connectivity index (χ4v) is 1.75. The Bertz CT molecular complexity index is 70.7. The highest BCUT2D eigenvalue weighted by Crippen LogP contribution is 2.20. The molecule has 0 amide bonds. The Labute approximate surface area is 64.0 Å². The molecule has 1 saturated carbocycles. The van der Waals surface area contributed by atoms with E-state index < -0.39 is 0 Å². The summed E-state index contributed by atoms with van der Waals surface area (Å²) in [6, 6.07) is 0.507. The molecule has 0 aromatic heterocycles. The molecule has 1 aliphatic rings. The smallest absolute Gasteiger partial charge is 0.00388 e. The molecule has 2 N–H and O–H groups in total. The molecule has 1 nitrogen and oxygen atoms in total. The van der Waals surface area contributed by atoms with E-state index in [4.69, 9.17) is 5.73 Å². The number of nitrogens with two attached hydrogens (primary N) is 1. The van der Waals surface area contributed by atoms with Crippen molar-refractivity contribution in [1.29, 1.82) is 0 Å². The monoisotopic (exact) mass is 141 g/mol. The van der Waals surface area contributed by atoms with Crippen LogP contribution < -0.4 is 5.73 Å². The molecule has 0 bridgehead atoms. The van der Waals surface area contributed by atoms with Crippen molar-refractivity contribution >= 4 is 0 Å². The van der Waals surface area contributed by atoms with Crippen molar-refractivity contribution in [2.75, 3.05) is 0 Å². The maximum atomic E-state index is 5.85. The normalized spacial score (nSPS) is 36.6. The SMILES string of the molecule is C[C@H]1CCC[C@H](N)CCC1. The summed E-state index contributed by atoms with van der Waals surface area (Å²) in [5.41, 5.74) is 5.85. The summed E-state index contributed by atoms with van der Waals surface area (Å²) in [5, 5.41) is 0. The van der Waals surface area contributed by atoms with Gasteiger partial charge in [-0.2, -0.15) is 0 Å². The molecule has 0 saturated heterocycles. The van der Waals surface area contributed by atoms with Gasteiger partial charge in [-0.3, -0.25) is 0 Å². The van der Waals surface area contributed by atoms with Gasteiger partial charge in [0.25, 0.3) is 0 Å². The standard InChI is InChI=1S/C9H19N/c1-8-4-2-6-9(10)7-3-5-8/h8-9H,2-7,10H2,1H3/t8-,9-. The number of rotatable bonds is 0. The summed E-state index contributed by atoms with van der Waals surface area (Å²) in [5.74, 6) is 0.951. The Kier molecular flexibility index (Phi) is 3.20. The van der Waals surface area contributed by atoms with Gasteiger partial charge in [0.2, 0.25) is 0 Å². The summed E-state index contributed by atoms with van der Waals surface area (Å²) in [6.07, 6.45) is 8.00. The third kappa shape index (κ3) is 2.70. The summed E-state index contributed by atoms with van der Waals surface area (Å²) < 4.78 is 0. The maximum Gasteiger partial charge on any atom is 0.00388 e. The third-order valence-electron chi connectivity index (χ3n) is 2.54. The van der Waals surface area contributed by atoms with Gasteiger partial charge in [0, 0.05) is 6.04 Å². The third-order valence-corrected chi connectivity index (χ3v) is 2.54. The molecule has 1 rings (SSSR count). The lowest BCUT2D eigenvalue weighted by atomic mass is 9.91. The number of hydrogen-bond acceptors (Lipinski definition) is 1. The fourth-order valence-electron chi connectivity index (χ4n) is 1.75. The molecule has 0 unspecified atom stereocenters. The minimum Gasteiger partial charge on any atom is -0.328 e. The van der Waals surface area contributed by atoms with Gasteiger partial charge in [-0.1, -0.05) is 32.6 Å². The predicted molar refractivity (Wildman–Crippen MR) is 44.8 cm³/mol. The van der Waals surface area contributed by atoms with Gasteiger partial charge >= 0.3 is 0 Å². The first-order valence-corrected chi connectivity index (χ1v) is 4.54. The van der Waals surface area contributed by atoms with Crippen LogP contribution in [0.15, 0.2) is 0 Å². The maximum absolute atomic E-state index is 5.85. The van der Waals surface area contributed by atoms with Crippen molar-refractivity contribution in [2.45, 2.75) is 51.5 Å². The quantitative estimate of drug-likeness (QED) is 0.550. The Balaban J connectivity index is 2.21. The summed E-state index contributed by atoms with van der Waals surface area (Å²) in [7, 11) is 0. The van der Waals surface area contributed by atoms with E-state index >= 15 is 0 Å². The first kappa shape index (κ1) is 8.06. The zero-order valence-corrected chi connectivity index (χ0v) is 6.97. The Hall–Kier alpha value is -0.0400. The van der Waals surface area contributed by atoms with Crippen LogP contribution in [0.4, 0.5) is 0 Å². The Morgan fingerprint density at radius 3 is 2.00 bits per heavy atom. The molecule has 0 atom stereocenters. The Morgan fingerprint density at radius 2 is 1.50 bits per heavy atom. The molecule has 0 heterocycles. The predicted octanol–water partition coefficient (Wildman–Crippen LogP) is 2.30. The summed E-state index contributed by atoms with van der Waals surface area (Å²) >= 11 is 0. The molecule has 0 radical (unpaired) electrons. The molecular formula is C9H19N. The van der Waals surface area contributed by atoms with Crippen LogP contribution in [0.1, 0.15) is 45.4 Å². The molecule has 1 heteroatoms. The second-order valence-electron chi connectivity index (χ2n) is 3.73. The van der Waals surface area contributed by atoms with E-state index in [1.807, 2.05) is 0 Å². The molecule has 0 aromatic rings. The molecule has 0 aliphatic heterocycles. The van der Waals surface area contributed by atoms with Gasteiger partial charge in [0.05, 0.1) is 0 Å². The molecule has 0 spiro atoms. The zero-order valence-electron chi connectivity index (χ0n) is 6.97. The van der Waals surface area contributed by atoms with Crippen LogP contribution >= 0.6 is 0 Å². The topological polar surface area (TPSA) is 26.0 Å². The Morgan fingerprint density at radius 1 is 1.00 bits per heavy atom. The molecule has 1 aliphatic carbocycles. The van der Waals surface area contributed by atoms with E-state index in [0.29, 0.717) is 6.04 Å². The van der Waals surface area contributed by atoms with Crippen molar-refractivity contribution in [2.24, 2.45) is 11.7 Å². The average Bonchev–Trinajstić information content (AvgIpc) is 1.84. The highest BCUT2D eigenvalue weighted by atomic mass is 14.6. The van der Waals surface area contributed by atoms with Crippen LogP contribution in [0.3, 0.4) is 0 Å². The van der Waals surface area contributed by atoms with Crippen molar-refractivity contribution < 1.29 is 0 Å². The van der Waals surface area contributed by atoms with Gasteiger partial charge in [0.15, 0.2) is 0 Å². The number of hydrogen-bond donors (Lipinski definition) is 1. The molecule has 0 aromatic carbocycles. The van der Waals surface area contributed by atoms with E-state index in [0.717, 1.165) is 5.92 Å². The van der Waals surface area contributed by atoms with Crippen LogP contribution in [-0.4, -0.2) is 6.04 Å². The van der Waals surface area contributed by atoms with Crippen LogP contribution in [0.25, 0.3) is 0 Å². The van der Waals surface area contributed by atoms with Crippen LogP contribution in [0.5, 0.6) is 0 Å². The molecular weight excluding hydrogens is 122 g/mol. The summed E-state index contributed by atoms with van der Waals surface area (Å²) in [6.45, 7) is 2.36. The summed E-state index contributed by atoms with van der Waals surface area (Å²) in [4.78, 5) is 0. The zero-order chi connectivity index (χ0) is 7.40. The largest absolute Gasteiger partial charge is 0.328 e. The lowest BCUT2D eigenvalue weighted by Gasteiger charge is -2.18. The fraction of sp³-hybridized carbons (Fsp3) is 1.00. The molecule has 1 fully saturated rings. The van der Waals surface area contributed by atoms with Gasteiger partial charge in [-0.05, 0) is 18.8 Å². The van der Waals surface area contributed by atoms with Crippen molar-refractivity contribution in [3.8, 4) is 0 Å². The van der Waals surface area contributed by atoms with Crippen LogP contribution in [0, 0.1) is 5.92 Å². The van der Waals surface area contributed by atoms with E-state index in [-0.39, 0.29) is 0 Å². The highest BCUT2D eigenvalue weighted by molar-refractivity contribution is 4.67. The second-order valence-corrected chi connectivity index (χ2v) is 3.73. The van der Waals surface area contributed by atoms with Gasteiger partial charge in [-0.25, -0.2) is 0 Å². The second kappa shape index (κ2) is 3.97. The van der Waals surface area contributed by atoms with E-state index in [2.05, 4.69) is 6.92 Å². The molecule has 10 heavy (non-hydrogen) atoms. The lowest BCUT2D eigenvalue weighted by molar-refractivity contribution is 0.378. The van der Waals surface area contributed by atoms with Crippen LogP contribution in [-0.2, 0) is 0 Å².